The van der Waals surface area contributed by atoms with Crippen LogP contribution in [0.25, 0.3) is 0 Å². The molecular weight excluding hydrogens is 325 g/mol. The van der Waals surface area contributed by atoms with E-state index < -0.39 is 11.8 Å². The van der Waals surface area contributed by atoms with Gasteiger partial charge in [-0.15, -0.1) is 0 Å². The Hall–Kier alpha value is -2.41. The molecule has 1 aliphatic rings. The van der Waals surface area contributed by atoms with Crippen molar-refractivity contribution in [2.24, 2.45) is 5.92 Å². The zero-order chi connectivity index (χ0) is 16.6. The maximum atomic E-state index is 13.8. The van der Waals surface area contributed by atoms with Crippen molar-refractivity contribution >= 4 is 29.3 Å². The molecule has 1 amide bonds. The molecule has 1 aromatic carbocycles. The summed E-state index contributed by atoms with van der Waals surface area (Å²) < 4.78 is 15.0. The van der Waals surface area contributed by atoms with Crippen LogP contribution < -0.4 is 5.32 Å². The number of carbonyl (C=O) groups is 2. The second kappa shape index (κ2) is 6.00. The van der Waals surface area contributed by atoms with Crippen LogP contribution in [0.5, 0.6) is 0 Å². The van der Waals surface area contributed by atoms with Crippen LogP contribution >= 0.6 is 11.6 Å². The number of carboxylic acids is 1. The third-order valence-corrected chi connectivity index (χ3v) is 4.02. The number of aromatic nitrogens is 2. The van der Waals surface area contributed by atoms with Gasteiger partial charge in [0.1, 0.15) is 12.4 Å². The van der Waals surface area contributed by atoms with Gasteiger partial charge in [-0.1, -0.05) is 17.7 Å². The molecule has 2 N–H and O–H groups in total. The number of halogens is 2. The molecule has 1 fully saturated rings. The summed E-state index contributed by atoms with van der Waals surface area (Å²) in [6, 6.07) is 5.95. The molecule has 2 unspecified atom stereocenters. The standard InChI is InChI=1S/C15H13ClFN3O3/c16-10-2-1-3-11(17)14(10)8-6-9(8)15(23)18-12-4-5-20(19-12)7-13(21)22/h1-5,8-9H,6-7H2,(H,21,22)(H,18,19,23). The van der Waals surface area contributed by atoms with E-state index in [9.17, 15) is 14.0 Å². The summed E-state index contributed by atoms with van der Waals surface area (Å²) in [4.78, 5) is 22.8. The van der Waals surface area contributed by atoms with E-state index in [4.69, 9.17) is 16.7 Å². The van der Waals surface area contributed by atoms with Crippen molar-refractivity contribution in [3.8, 4) is 0 Å². The topological polar surface area (TPSA) is 84.2 Å². The number of carbonyl (C=O) groups excluding carboxylic acids is 1. The maximum absolute atomic E-state index is 13.8. The van der Waals surface area contributed by atoms with Gasteiger partial charge in [0.25, 0.3) is 0 Å². The number of hydrogen-bond donors (Lipinski definition) is 2. The predicted octanol–water partition coefficient (Wildman–Crippen LogP) is 2.50. The van der Waals surface area contributed by atoms with Gasteiger partial charge in [0.05, 0.1) is 0 Å². The van der Waals surface area contributed by atoms with Gasteiger partial charge in [-0.2, -0.15) is 5.10 Å². The number of aliphatic carboxylic acids is 1. The van der Waals surface area contributed by atoms with Crippen LogP contribution in [0.2, 0.25) is 5.02 Å². The van der Waals surface area contributed by atoms with E-state index in [2.05, 4.69) is 10.4 Å². The number of amides is 1. The van der Waals surface area contributed by atoms with Gasteiger partial charge in [0, 0.05) is 34.7 Å². The Balaban J connectivity index is 1.64. The van der Waals surface area contributed by atoms with Crippen LogP contribution in [0.1, 0.15) is 17.9 Å². The van der Waals surface area contributed by atoms with Gasteiger partial charge in [-0.25, -0.2) is 4.39 Å². The lowest BCUT2D eigenvalue weighted by Crippen LogP contribution is -2.16. The van der Waals surface area contributed by atoms with Crippen molar-refractivity contribution in [1.29, 1.82) is 0 Å². The Morgan fingerprint density at radius 3 is 2.91 bits per heavy atom. The second-order valence-electron chi connectivity index (χ2n) is 5.37. The number of nitrogens with zero attached hydrogens (tertiary/aromatic N) is 2. The molecular formula is C15H13ClFN3O3. The number of carboxylic acid groups (broad SMARTS) is 1. The van der Waals surface area contributed by atoms with Crippen molar-refractivity contribution < 1.29 is 19.1 Å². The van der Waals surface area contributed by atoms with E-state index in [1.807, 2.05) is 0 Å². The van der Waals surface area contributed by atoms with Gasteiger partial charge in [0.15, 0.2) is 5.82 Å². The van der Waals surface area contributed by atoms with E-state index in [0.29, 0.717) is 17.0 Å². The zero-order valence-corrected chi connectivity index (χ0v) is 12.6. The van der Waals surface area contributed by atoms with E-state index in [1.54, 1.807) is 6.07 Å². The molecule has 2 aromatic rings. The molecule has 3 rings (SSSR count). The molecule has 0 bridgehead atoms. The smallest absolute Gasteiger partial charge is 0.325 e. The Bertz CT molecular complexity index is 757. The highest BCUT2D eigenvalue weighted by Crippen LogP contribution is 2.50. The minimum absolute atomic E-state index is 0.246. The first-order chi connectivity index (χ1) is 11.0. The van der Waals surface area contributed by atoms with Gasteiger partial charge in [-0.05, 0) is 18.6 Å². The quantitative estimate of drug-likeness (QED) is 0.878. The third kappa shape index (κ3) is 3.34. The van der Waals surface area contributed by atoms with Crippen LogP contribution in [0.15, 0.2) is 30.5 Å². The molecule has 8 heteroatoms. The fourth-order valence-electron chi connectivity index (χ4n) is 2.54. The van der Waals surface area contributed by atoms with Crippen molar-refractivity contribution in [3.63, 3.8) is 0 Å². The zero-order valence-electron chi connectivity index (χ0n) is 11.9. The molecule has 1 saturated carbocycles. The first kappa shape index (κ1) is 15.5. The number of hydrogen-bond acceptors (Lipinski definition) is 3. The van der Waals surface area contributed by atoms with Crippen LogP contribution in [0.4, 0.5) is 10.2 Å². The lowest BCUT2D eigenvalue weighted by atomic mass is 10.1. The highest BCUT2D eigenvalue weighted by Gasteiger charge is 2.46. The monoisotopic (exact) mass is 337 g/mol. The summed E-state index contributed by atoms with van der Waals surface area (Å²) in [5.74, 6) is -2.07. The van der Waals surface area contributed by atoms with Gasteiger partial charge in [-0.3, -0.25) is 14.3 Å². The van der Waals surface area contributed by atoms with Crippen LogP contribution in [0.3, 0.4) is 0 Å². The number of rotatable bonds is 5. The molecule has 1 aliphatic carbocycles. The van der Waals surface area contributed by atoms with Crippen molar-refractivity contribution in [2.75, 3.05) is 5.32 Å². The average molecular weight is 338 g/mol. The first-order valence-electron chi connectivity index (χ1n) is 6.95. The molecule has 1 heterocycles. The lowest BCUT2D eigenvalue weighted by Gasteiger charge is -2.05. The highest BCUT2D eigenvalue weighted by molar-refractivity contribution is 6.31. The summed E-state index contributed by atoms with van der Waals surface area (Å²) in [7, 11) is 0. The maximum Gasteiger partial charge on any atom is 0.325 e. The average Bonchev–Trinajstić information content (AvgIpc) is 3.13. The van der Waals surface area contributed by atoms with Crippen LogP contribution in [0, 0.1) is 11.7 Å². The van der Waals surface area contributed by atoms with Gasteiger partial charge >= 0.3 is 5.97 Å². The molecule has 0 radical (unpaired) electrons. The molecule has 0 spiro atoms. The number of nitrogens with one attached hydrogen (secondary N) is 1. The predicted molar refractivity (Wildman–Crippen MR) is 80.8 cm³/mol. The van der Waals surface area contributed by atoms with Crippen LogP contribution in [-0.4, -0.2) is 26.8 Å². The van der Waals surface area contributed by atoms with Crippen molar-refractivity contribution in [2.45, 2.75) is 18.9 Å². The van der Waals surface area contributed by atoms with Gasteiger partial charge < -0.3 is 10.4 Å². The normalized spacial score (nSPS) is 19.4. The van der Waals surface area contributed by atoms with E-state index in [1.165, 1.54) is 29.1 Å². The molecule has 23 heavy (non-hydrogen) atoms. The number of benzene rings is 1. The van der Waals surface area contributed by atoms with Gasteiger partial charge in [0.2, 0.25) is 5.91 Å². The summed E-state index contributed by atoms with van der Waals surface area (Å²) in [5, 5.41) is 15.5. The Labute approximate surface area is 135 Å². The molecule has 0 saturated heterocycles. The Morgan fingerprint density at radius 2 is 2.22 bits per heavy atom. The fraction of sp³-hybridized carbons (Fsp3) is 0.267. The molecule has 6 nitrogen and oxygen atoms in total. The third-order valence-electron chi connectivity index (χ3n) is 3.69. The summed E-state index contributed by atoms with van der Waals surface area (Å²) in [6.45, 7) is -0.285. The minimum atomic E-state index is -1.03. The molecule has 120 valence electrons. The SMILES string of the molecule is O=C(O)Cn1ccc(NC(=O)C2CC2c2c(F)cccc2Cl)n1. The second-order valence-corrected chi connectivity index (χ2v) is 5.77. The summed E-state index contributed by atoms with van der Waals surface area (Å²) in [6.07, 6.45) is 1.98. The van der Waals surface area contributed by atoms with Crippen LogP contribution in [-0.2, 0) is 16.1 Å². The lowest BCUT2D eigenvalue weighted by molar-refractivity contribution is -0.137. The minimum Gasteiger partial charge on any atom is -0.480 e. The fourth-order valence-corrected chi connectivity index (χ4v) is 2.85. The van der Waals surface area contributed by atoms with E-state index in [0.717, 1.165) is 0 Å². The first-order valence-corrected chi connectivity index (χ1v) is 7.33. The molecule has 0 aliphatic heterocycles. The number of anilines is 1. The van der Waals surface area contributed by atoms with E-state index >= 15 is 0 Å². The summed E-state index contributed by atoms with van der Waals surface area (Å²) >= 11 is 6.00. The van der Waals surface area contributed by atoms with E-state index in [-0.39, 0.29) is 30.1 Å². The summed E-state index contributed by atoms with van der Waals surface area (Å²) in [5.41, 5.74) is 0.366. The Morgan fingerprint density at radius 1 is 1.43 bits per heavy atom. The largest absolute Gasteiger partial charge is 0.480 e. The van der Waals surface area contributed by atoms with Crippen molar-refractivity contribution in [3.05, 3.63) is 46.9 Å². The van der Waals surface area contributed by atoms with Crippen molar-refractivity contribution in [1.82, 2.24) is 9.78 Å². The highest BCUT2D eigenvalue weighted by atomic mass is 35.5. The molecule has 1 aromatic heterocycles. The molecule has 2 atom stereocenters. The Kier molecular flexibility index (Phi) is 4.04.